The van der Waals surface area contributed by atoms with Gasteiger partial charge in [-0.1, -0.05) is 36.4 Å². The largest absolute Gasteiger partial charge is 0.361 e. The average Bonchev–Trinajstić information content (AvgIpc) is 2.75. The molecular weight excluding hydrogens is 194 g/mol. The lowest BCUT2D eigenvalue weighted by Gasteiger charge is -2.01. The maximum Gasteiger partial charge on any atom is 0.0456 e. The van der Waals surface area contributed by atoms with Crippen molar-refractivity contribution in [2.24, 2.45) is 0 Å². The number of aromatic amines is 1. The summed E-state index contributed by atoms with van der Waals surface area (Å²) in [5, 5.41) is 2.57. The van der Waals surface area contributed by atoms with E-state index in [1.807, 2.05) is 6.20 Å². The second-order valence-electron chi connectivity index (χ2n) is 4.15. The van der Waals surface area contributed by atoms with Crippen LogP contribution < -0.4 is 0 Å². The molecule has 0 radical (unpaired) electrons. The van der Waals surface area contributed by atoms with Crippen LogP contribution >= 0.6 is 0 Å². The molecule has 1 heterocycles. The van der Waals surface area contributed by atoms with Gasteiger partial charge in [0.25, 0.3) is 0 Å². The van der Waals surface area contributed by atoms with Crippen LogP contribution in [0.1, 0.15) is 5.56 Å². The molecule has 0 bridgehead atoms. The number of benzene rings is 2. The molecule has 0 saturated heterocycles. The van der Waals surface area contributed by atoms with E-state index in [2.05, 4.69) is 60.4 Å². The van der Waals surface area contributed by atoms with Crippen LogP contribution in [0.4, 0.5) is 0 Å². The van der Waals surface area contributed by atoms with Gasteiger partial charge in [-0.25, -0.2) is 0 Å². The molecule has 1 nitrogen and oxygen atoms in total. The minimum atomic E-state index is 1.18. The summed E-state index contributed by atoms with van der Waals surface area (Å²) in [7, 11) is 0. The van der Waals surface area contributed by atoms with Gasteiger partial charge in [0.2, 0.25) is 0 Å². The average molecular weight is 207 g/mol. The van der Waals surface area contributed by atoms with Crippen molar-refractivity contribution >= 4 is 10.8 Å². The Morgan fingerprint density at radius 3 is 2.44 bits per heavy atom. The van der Waals surface area contributed by atoms with Gasteiger partial charge in [-0.05, 0) is 41.0 Å². The van der Waals surface area contributed by atoms with Gasteiger partial charge in [0.1, 0.15) is 0 Å². The Balaban J connectivity index is 2.18. The Labute approximate surface area is 94.7 Å². The number of aromatic nitrogens is 1. The number of hydrogen-bond acceptors (Lipinski definition) is 0. The molecule has 1 heteroatoms. The molecule has 16 heavy (non-hydrogen) atoms. The van der Waals surface area contributed by atoms with Crippen molar-refractivity contribution in [3.8, 4) is 11.3 Å². The van der Waals surface area contributed by atoms with Crippen molar-refractivity contribution in [2.45, 2.75) is 6.92 Å². The summed E-state index contributed by atoms with van der Waals surface area (Å²) in [6, 6.07) is 17.2. The van der Waals surface area contributed by atoms with Gasteiger partial charge in [-0.3, -0.25) is 0 Å². The standard InChI is InChI=1S/C15H13N/c1-11-8-15(16-10-11)14-7-6-12-4-2-3-5-13(12)9-14/h2-10,16H,1H3. The van der Waals surface area contributed by atoms with Crippen molar-refractivity contribution in [3.63, 3.8) is 0 Å². The lowest BCUT2D eigenvalue weighted by Crippen LogP contribution is -1.78. The number of rotatable bonds is 1. The van der Waals surface area contributed by atoms with Gasteiger partial charge in [-0.2, -0.15) is 0 Å². The first-order valence-electron chi connectivity index (χ1n) is 5.47. The molecule has 3 rings (SSSR count). The quantitative estimate of drug-likeness (QED) is 0.617. The monoisotopic (exact) mass is 207 g/mol. The van der Waals surface area contributed by atoms with Crippen molar-refractivity contribution in [1.29, 1.82) is 0 Å². The van der Waals surface area contributed by atoms with Crippen LogP contribution in [0.2, 0.25) is 0 Å². The van der Waals surface area contributed by atoms with Crippen molar-refractivity contribution in [3.05, 3.63) is 60.3 Å². The number of H-pyrrole nitrogens is 1. The van der Waals surface area contributed by atoms with Crippen molar-refractivity contribution in [1.82, 2.24) is 4.98 Å². The van der Waals surface area contributed by atoms with E-state index in [9.17, 15) is 0 Å². The zero-order valence-electron chi connectivity index (χ0n) is 9.20. The second-order valence-corrected chi connectivity index (χ2v) is 4.15. The number of nitrogens with one attached hydrogen (secondary N) is 1. The molecule has 1 aromatic heterocycles. The molecule has 0 aliphatic carbocycles. The smallest absolute Gasteiger partial charge is 0.0456 e. The summed E-state index contributed by atoms with van der Waals surface area (Å²) in [4.78, 5) is 3.29. The maximum atomic E-state index is 3.29. The van der Waals surface area contributed by atoms with E-state index >= 15 is 0 Å². The van der Waals surface area contributed by atoms with E-state index in [1.54, 1.807) is 0 Å². The minimum Gasteiger partial charge on any atom is -0.361 e. The summed E-state index contributed by atoms with van der Waals surface area (Å²) in [5.74, 6) is 0. The van der Waals surface area contributed by atoms with Crippen molar-refractivity contribution < 1.29 is 0 Å². The molecule has 0 unspecified atom stereocenters. The molecule has 0 atom stereocenters. The van der Waals surface area contributed by atoms with Crippen LogP contribution in [0.25, 0.3) is 22.0 Å². The number of aryl methyl sites for hydroxylation is 1. The molecule has 0 saturated carbocycles. The molecule has 0 aliphatic heterocycles. The first-order chi connectivity index (χ1) is 7.83. The lowest BCUT2D eigenvalue weighted by molar-refractivity contribution is 1.38. The third kappa shape index (κ3) is 1.50. The molecule has 78 valence electrons. The predicted octanol–water partition coefficient (Wildman–Crippen LogP) is 4.14. The van der Waals surface area contributed by atoms with E-state index in [4.69, 9.17) is 0 Å². The van der Waals surface area contributed by atoms with Crippen LogP contribution in [0, 0.1) is 6.92 Å². The van der Waals surface area contributed by atoms with Gasteiger partial charge in [0, 0.05) is 11.9 Å². The summed E-state index contributed by atoms with van der Waals surface area (Å²) >= 11 is 0. The Morgan fingerprint density at radius 2 is 1.69 bits per heavy atom. The molecule has 0 aliphatic rings. The molecule has 0 amide bonds. The van der Waals surface area contributed by atoms with E-state index in [-0.39, 0.29) is 0 Å². The van der Waals surface area contributed by atoms with Crippen LogP contribution in [-0.2, 0) is 0 Å². The zero-order chi connectivity index (χ0) is 11.0. The highest BCUT2D eigenvalue weighted by Gasteiger charge is 2.00. The van der Waals surface area contributed by atoms with Gasteiger partial charge in [0.15, 0.2) is 0 Å². The van der Waals surface area contributed by atoms with Crippen LogP contribution in [0.3, 0.4) is 0 Å². The molecule has 3 aromatic rings. The van der Waals surface area contributed by atoms with Gasteiger partial charge < -0.3 is 4.98 Å². The minimum absolute atomic E-state index is 1.18. The molecule has 0 spiro atoms. The van der Waals surface area contributed by atoms with Crippen molar-refractivity contribution in [2.75, 3.05) is 0 Å². The molecular formula is C15H13N. The van der Waals surface area contributed by atoms with Gasteiger partial charge in [-0.15, -0.1) is 0 Å². The first kappa shape index (κ1) is 9.22. The third-order valence-electron chi connectivity index (χ3n) is 2.89. The number of hydrogen-bond donors (Lipinski definition) is 1. The van der Waals surface area contributed by atoms with E-state index < -0.39 is 0 Å². The fourth-order valence-corrected chi connectivity index (χ4v) is 2.03. The fourth-order valence-electron chi connectivity index (χ4n) is 2.03. The Morgan fingerprint density at radius 1 is 0.875 bits per heavy atom. The molecule has 0 fully saturated rings. The van der Waals surface area contributed by atoms with E-state index in [0.717, 1.165) is 0 Å². The fraction of sp³-hybridized carbons (Fsp3) is 0.0667. The highest BCUT2D eigenvalue weighted by Crippen LogP contribution is 2.23. The predicted molar refractivity (Wildman–Crippen MR) is 68.5 cm³/mol. The normalized spacial score (nSPS) is 10.8. The zero-order valence-corrected chi connectivity index (χ0v) is 9.20. The van der Waals surface area contributed by atoms with Gasteiger partial charge >= 0.3 is 0 Å². The lowest BCUT2D eigenvalue weighted by atomic mass is 10.1. The summed E-state index contributed by atoms with van der Waals surface area (Å²) < 4.78 is 0. The first-order valence-corrected chi connectivity index (χ1v) is 5.47. The molecule has 2 aromatic carbocycles. The summed E-state index contributed by atoms with van der Waals surface area (Å²) in [5.41, 5.74) is 3.69. The van der Waals surface area contributed by atoms with Crippen LogP contribution in [-0.4, -0.2) is 4.98 Å². The van der Waals surface area contributed by atoms with Gasteiger partial charge in [0.05, 0.1) is 0 Å². The highest BCUT2D eigenvalue weighted by molar-refractivity contribution is 5.86. The van der Waals surface area contributed by atoms with Crippen LogP contribution in [0.15, 0.2) is 54.7 Å². The Kier molecular flexibility index (Phi) is 2.03. The van der Waals surface area contributed by atoms with Crippen LogP contribution in [0.5, 0.6) is 0 Å². The SMILES string of the molecule is Cc1c[nH]c(-c2ccc3ccccc3c2)c1. The third-order valence-corrected chi connectivity index (χ3v) is 2.89. The summed E-state index contributed by atoms with van der Waals surface area (Å²) in [6.45, 7) is 2.10. The Bertz CT molecular complexity index is 634. The van der Waals surface area contributed by atoms with E-state index in [0.29, 0.717) is 0 Å². The maximum absolute atomic E-state index is 3.29. The molecule has 1 N–H and O–H groups in total. The van der Waals surface area contributed by atoms with E-state index in [1.165, 1.54) is 27.6 Å². The topological polar surface area (TPSA) is 15.8 Å². The Hall–Kier alpha value is -2.02. The highest BCUT2D eigenvalue weighted by atomic mass is 14.7. The second kappa shape index (κ2) is 3.53. The summed E-state index contributed by atoms with van der Waals surface area (Å²) in [6.07, 6.45) is 2.03. The number of fused-ring (bicyclic) bond motifs is 1.